The van der Waals surface area contributed by atoms with Crippen molar-refractivity contribution >= 4 is 7.91 Å². The van der Waals surface area contributed by atoms with Crippen LogP contribution in [-0.4, -0.2) is 4.89 Å². The normalized spacial score (nSPS) is 15.4. The van der Waals surface area contributed by atoms with Gasteiger partial charge in [-0.1, -0.05) is 4.73 Å². The van der Waals surface area contributed by atoms with Gasteiger partial charge in [0.1, 0.15) is 0 Å². The van der Waals surface area contributed by atoms with Crippen LogP contribution in [0.5, 0.6) is 0 Å². The van der Waals surface area contributed by atoms with Crippen molar-refractivity contribution in [3.8, 4) is 0 Å². The van der Waals surface area contributed by atoms with E-state index in [1.54, 1.807) is 0 Å². The molecule has 0 spiro atoms. The zero-order chi connectivity index (χ0) is 7.21. The number of hydrogen-bond donors (Lipinski definition) is 1. The average Bonchev–Trinajstić information content (AvgIpc) is 1.71. The Morgan fingerprint density at radius 3 is 1.75 bits per heavy atom. The van der Waals surface area contributed by atoms with E-state index in [9.17, 15) is 8.72 Å². The zero-order valence-electron chi connectivity index (χ0n) is 3.88. The van der Waals surface area contributed by atoms with Gasteiger partial charge < -0.3 is 0 Å². The third-order valence-electron chi connectivity index (χ3n) is 0.0851. The molecule has 0 aromatic rings. The summed E-state index contributed by atoms with van der Waals surface area (Å²) < 4.78 is 31.5. The van der Waals surface area contributed by atoms with Gasteiger partial charge in [-0.25, -0.2) is 4.57 Å². The molecule has 0 bridgehead atoms. The molecule has 1 unspecified atom stereocenters. The van der Waals surface area contributed by atoms with Gasteiger partial charge in [0.15, 0.2) is 0 Å². The predicted molar refractivity (Wildman–Crippen MR) is 24.4 cm³/mol. The second-order valence-corrected chi connectivity index (χ2v) is 1.56. The summed E-state index contributed by atoms with van der Waals surface area (Å²) >= 11 is 0. The van der Waals surface area contributed by atoms with Gasteiger partial charge >= 0.3 is 7.91 Å². The van der Waals surface area contributed by atoms with Gasteiger partial charge in [0.2, 0.25) is 0 Å². The molecule has 0 rings (SSSR count). The summed E-state index contributed by atoms with van der Waals surface area (Å²) in [6.45, 7) is 6.00. The largest absolute Gasteiger partial charge is 0.541 e. The third kappa shape index (κ3) is 17.2. The van der Waals surface area contributed by atoms with Gasteiger partial charge in [-0.15, -0.1) is 17.4 Å². The van der Waals surface area contributed by atoms with Gasteiger partial charge in [0, 0.05) is 0 Å². The molecule has 0 heterocycles. The van der Waals surface area contributed by atoms with E-state index >= 15 is 0 Å². The standard InChI is InChI=1S/C2H4.F2HO3P/c1-2;1-5-6(2,3)4/h1-2H2;(H,3,4). The first kappa shape index (κ1) is 10.7. The Hall–Kier alpha value is -0.250. The fourth-order valence-electron chi connectivity index (χ4n) is 0. The maximum absolute atomic E-state index is 10.6. The summed E-state index contributed by atoms with van der Waals surface area (Å²) in [6, 6.07) is 0. The van der Waals surface area contributed by atoms with Crippen LogP contribution in [0.3, 0.4) is 0 Å². The van der Waals surface area contributed by atoms with E-state index in [-0.39, 0.29) is 0 Å². The van der Waals surface area contributed by atoms with Crippen molar-refractivity contribution in [2.45, 2.75) is 0 Å². The Morgan fingerprint density at radius 1 is 1.62 bits per heavy atom. The minimum atomic E-state index is -5.31. The van der Waals surface area contributed by atoms with Crippen LogP contribution in [0.25, 0.3) is 0 Å². The van der Waals surface area contributed by atoms with Crippen molar-refractivity contribution in [1.82, 2.24) is 0 Å². The van der Waals surface area contributed by atoms with E-state index in [4.69, 9.17) is 9.46 Å². The Morgan fingerprint density at radius 2 is 1.75 bits per heavy atom. The zero-order valence-corrected chi connectivity index (χ0v) is 4.78. The molecule has 1 N–H and O–H groups in total. The van der Waals surface area contributed by atoms with Crippen LogP contribution in [-0.2, 0) is 9.29 Å². The molecule has 0 amide bonds. The van der Waals surface area contributed by atoms with E-state index in [0.717, 1.165) is 0 Å². The van der Waals surface area contributed by atoms with Crippen LogP contribution in [0.2, 0.25) is 0 Å². The molecule has 0 aromatic carbocycles. The third-order valence-corrected chi connectivity index (χ3v) is 0.255. The van der Waals surface area contributed by atoms with E-state index in [2.05, 4.69) is 13.2 Å². The summed E-state index contributed by atoms with van der Waals surface area (Å²) in [6.07, 6.45) is 0. The van der Waals surface area contributed by atoms with Crippen LogP contribution in [0.15, 0.2) is 13.2 Å². The second-order valence-electron chi connectivity index (χ2n) is 0.520. The van der Waals surface area contributed by atoms with Crippen molar-refractivity contribution in [2.24, 2.45) is 0 Å². The highest BCUT2D eigenvalue weighted by Crippen LogP contribution is 2.43. The molecular formula is C2H5F2O3P. The molecular weight excluding hydrogens is 141 g/mol. The number of hydrogen-bond acceptors (Lipinski definition) is 2. The molecule has 0 saturated heterocycles. The Labute approximate surface area is 45.1 Å². The lowest BCUT2D eigenvalue weighted by molar-refractivity contribution is -0.0304. The molecule has 8 heavy (non-hydrogen) atoms. The van der Waals surface area contributed by atoms with Gasteiger partial charge in [-0.3, -0.25) is 4.89 Å². The van der Waals surface area contributed by atoms with Crippen LogP contribution < -0.4 is 0 Å². The number of rotatable bonds is 1. The van der Waals surface area contributed by atoms with Crippen molar-refractivity contribution in [3.05, 3.63) is 13.2 Å². The van der Waals surface area contributed by atoms with E-state index < -0.39 is 7.91 Å². The molecule has 0 aliphatic heterocycles. The molecule has 50 valence electrons. The van der Waals surface area contributed by atoms with Gasteiger partial charge in [-0.2, -0.15) is 0 Å². The highest BCUT2D eigenvalue weighted by atomic mass is 31.2. The highest BCUT2D eigenvalue weighted by Gasteiger charge is 2.16. The van der Waals surface area contributed by atoms with Crippen molar-refractivity contribution in [3.63, 3.8) is 0 Å². The summed E-state index contributed by atoms with van der Waals surface area (Å²) in [5, 5.41) is 0. The lowest BCUT2D eigenvalue weighted by atomic mass is 11.3. The number of halogens is 2. The van der Waals surface area contributed by atoms with Crippen LogP contribution in [0.1, 0.15) is 0 Å². The van der Waals surface area contributed by atoms with Crippen molar-refractivity contribution < 1.29 is 22.9 Å². The maximum atomic E-state index is 10.6. The summed E-state index contributed by atoms with van der Waals surface area (Å²) in [5.41, 5.74) is 0. The van der Waals surface area contributed by atoms with Crippen LogP contribution in [0, 0.1) is 0 Å². The Balaban J connectivity index is 0. The summed E-state index contributed by atoms with van der Waals surface area (Å²) in [7, 11) is -5.31. The molecule has 0 aliphatic rings. The Kier molecular flexibility index (Phi) is 6.54. The van der Waals surface area contributed by atoms with Crippen molar-refractivity contribution in [2.75, 3.05) is 0 Å². The maximum Gasteiger partial charge on any atom is 0.541 e. The predicted octanol–water partition coefficient (Wildman–Crippen LogP) is 1.76. The minimum absolute atomic E-state index is 1.88. The van der Waals surface area contributed by atoms with E-state index in [1.807, 2.05) is 4.73 Å². The minimum Gasteiger partial charge on any atom is -0.297 e. The molecule has 6 heteroatoms. The molecule has 0 radical (unpaired) electrons. The summed E-state index contributed by atoms with van der Waals surface area (Å²) in [4.78, 5) is 7.12. The molecule has 0 saturated carbocycles. The highest BCUT2D eigenvalue weighted by molar-refractivity contribution is 7.46. The first-order chi connectivity index (χ1) is 3.56. The smallest absolute Gasteiger partial charge is 0.297 e. The average molecular weight is 146 g/mol. The van der Waals surface area contributed by atoms with E-state index in [0.29, 0.717) is 0 Å². The van der Waals surface area contributed by atoms with Gasteiger partial charge in [0.25, 0.3) is 0 Å². The summed E-state index contributed by atoms with van der Waals surface area (Å²) in [5.74, 6) is 0. The molecule has 0 fully saturated rings. The first-order valence-corrected chi connectivity index (χ1v) is 2.86. The quantitative estimate of drug-likeness (QED) is 0.452. The second kappa shape index (κ2) is 4.90. The first-order valence-electron chi connectivity index (χ1n) is 1.39. The van der Waals surface area contributed by atoms with Crippen LogP contribution >= 0.6 is 7.91 Å². The van der Waals surface area contributed by atoms with E-state index in [1.165, 1.54) is 0 Å². The fraction of sp³-hybridized carbons (Fsp3) is 0. The SMILES string of the molecule is C=C.O=P(O)(F)OF. The van der Waals surface area contributed by atoms with Gasteiger partial charge in [-0.05, 0) is 4.53 Å². The lowest BCUT2D eigenvalue weighted by Crippen LogP contribution is -1.63. The monoisotopic (exact) mass is 146 g/mol. The molecule has 3 nitrogen and oxygen atoms in total. The lowest BCUT2D eigenvalue weighted by Gasteiger charge is -1.83. The van der Waals surface area contributed by atoms with Crippen molar-refractivity contribution in [1.29, 1.82) is 0 Å². The topological polar surface area (TPSA) is 46.5 Å². The molecule has 0 aliphatic carbocycles. The fourth-order valence-corrected chi connectivity index (χ4v) is 0. The Bertz CT molecular complexity index is 89.3. The van der Waals surface area contributed by atoms with Gasteiger partial charge in [0.05, 0.1) is 0 Å². The van der Waals surface area contributed by atoms with Crippen LogP contribution in [0.4, 0.5) is 8.72 Å². The molecule has 0 aromatic heterocycles. The molecule has 1 atom stereocenters.